The summed E-state index contributed by atoms with van der Waals surface area (Å²) < 4.78 is 20.0. The van der Waals surface area contributed by atoms with Gasteiger partial charge in [0.05, 0.1) is 18.7 Å². The maximum atomic E-state index is 15.3. The van der Waals surface area contributed by atoms with Crippen LogP contribution in [0.15, 0.2) is 48.5 Å². The Labute approximate surface area is 212 Å². The van der Waals surface area contributed by atoms with Crippen LogP contribution in [0.2, 0.25) is 5.02 Å². The first-order chi connectivity index (χ1) is 17.3. The van der Waals surface area contributed by atoms with Gasteiger partial charge in [-0.05, 0) is 67.8 Å². The first-order valence-electron chi connectivity index (χ1n) is 11.6. The lowest BCUT2D eigenvalue weighted by Crippen LogP contribution is -2.47. The third-order valence-corrected chi connectivity index (χ3v) is 6.63. The number of nitrogens with one attached hydrogen (secondary N) is 1. The topological polar surface area (TPSA) is 99.3 Å². The summed E-state index contributed by atoms with van der Waals surface area (Å²) >= 11 is 5.88. The van der Waals surface area contributed by atoms with Crippen LogP contribution in [0.3, 0.4) is 0 Å². The number of hydrogen-bond donors (Lipinski definition) is 1. The van der Waals surface area contributed by atoms with Crippen molar-refractivity contribution in [3.05, 3.63) is 53.6 Å². The summed E-state index contributed by atoms with van der Waals surface area (Å²) in [4.78, 5) is 53.2. The van der Waals surface area contributed by atoms with Gasteiger partial charge in [0.15, 0.2) is 0 Å². The van der Waals surface area contributed by atoms with Gasteiger partial charge in [0.25, 0.3) is 5.91 Å². The summed E-state index contributed by atoms with van der Waals surface area (Å²) in [5, 5.41) is 3.10. The van der Waals surface area contributed by atoms with Gasteiger partial charge >= 0.3 is 12.0 Å². The second kappa shape index (κ2) is 10.9. The number of ether oxygens (including phenoxy) is 1. The summed E-state index contributed by atoms with van der Waals surface area (Å²) in [5.41, 5.74) is 1.00. The Morgan fingerprint density at radius 1 is 1.08 bits per heavy atom. The number of nitrogens with zero attached hydrogens (tertiary/aromatic N) is 3. The van der Waals surface area contributed by atoms with E-state index in [1.807, 2.05) is 0 Å². The molecule has 4 rings (SSSR count). The number of anilines is 3. The van der Waals surface area contributed by atoms with E-state index in [0.29, 0.717) is 29.4 Å². The lowest BCUT2D eigenvalue weighted by molar-refractivity contribution is -0.144. The lowest BCUT2D eigenvalue weighted by Gasteiger charge is -2.28. The van der Waals surface area contributed by atoms with Crippen molar-refractivity contribution in [2.24, 2.45) is 5.92 Å². The van der Waals surface area contributed by atoms with Crippen LogP contribution in [0.25, 0.3) is 0 Å². The van der Waals surface area contributed by atoms with Gasteiger partial charge in [-0.15, -0.1) is 5.12 Å². The van der Waals surface area contributed by atoms with Crippen LogP contribution >= 0.6 is 11.6 Å². The minimum atomic E-state index is -1.23. The lowest BCUT2D eigenvalue weighted by atomic mass is 10.1. The Kier molecular flexibility index (Phi) is 7.73. The quantitative estimate of drug-likeness (QED) is 0.475. The zero-order valence-corrected chi connectivity index (χ0v) is 20.4. The Bertz CT molecular complexity index is 1140. The van der Waals surface area contributed by atoms with Crippen molar-refractivity contribution in [2.75, 3.05) is 35.5 Å². The maximum Gasteiger partial charge on any atom is 0.322 e. The third-order valence-electron chi connectivity index (χ3n) is 6.38. The van der Waals surface area contributed by atoms with Crippen LogP contribution in [-0.2, 0) is 19.1 Å². The number of methoxy groups -OCH3 is 1. The predicted molar refractivity (Wildman–Crippen MR) is 132 cm³/mol. The molecule has 1 N–H and O–H groups in total. The maximum absolute atomic E-state index is 15.3. The van der Waals surface area contributed by atoms with Crippen LogP contribution in [-0.4, -0.2) is 55.0 Å². The van der Waals surface area contributed by atoms with Crippen molar-refractivity contribution < 1.29 is 28.4 Å². The minimum absolute atomic E-state index is 0.00401. The third kappa shape index (κ3) is 5.43. The average molecular weight is 517 g/mol. The summed E-state index contributed by atoms with van der Waals surface area (Å²) in [5.74, 6) is -2.35. The summed E-state index contributed by atoms with van der Waals surface area (Å²) in [6.45, 7) is 0.484. The highest BCUT2D eigenvalue weighted by molar-refractivity contribution is 6.30. The second-order valence-corrected chi connectivity index (χ2v) is 9.14. The highest BCUT2D eigenvalue weighted by atomic mass is 35.5. The molecule has 0 aromatic heterocycles. The van der Waals surface area contributed by atoms with Gasteiger partial charge in [0.1, 0.15) is 6.04 Å². The number of benzene rings is 2. The fraction of sp³-hybridized carbons (Fsp3) is 0.360. The fourth-order valence-electron chi connectivity index (χ4n) is 4.46. The van der Waals surface area contributed by atoms with E-state index in [1.165, 1.54) is 19.2 Å². The molecule has 11 heteroatoms. The Morgan fingerprint density at radius 2 is 1.78 bits per heavy atom. The number of esters is 1. The van der Waals surface area contributed by atoms with Crippen molar-refractivity contribution in [1.29, 1.82) is 0 Å². The molecule has 190 valence electrons. The molecule has 2 atom stereocenters. The van der Waals surface area contributed by atoms with Gasteiger partial charge in [0, 0.05) is 35.9 Å². The van der Waals surface area contributed by atoms with E-state index < -0.39 is 29.9 Å². The van der Waals surface area contributed by atoms with Gasteiger partial charge in [-0.1, -0.05) is 16.1 Å². The molecule has 0 saturated carbocycles. The number of carbonyl (C=O) groups is 4. The molecule has 2 fully saturated rings. The molecule has 2 aliphatic rings. The Hall–Kier alpha value is -3.66. The van der Waals surface area contributed by atoms with E-state index in [9.17, 15) is 19.2 Å². The SMILES string of the molecule is COC(=O)C1CC(C(=O)N(F)c2ccc(N3CCCCC3=O)cc2)N(C(=O)Nc2ccc(Cl)cc2)C1. The molecule has 2 heterocycles. The van der Waals surface area contributed by atoms with E-state index in [1.54, 1.807) is 41.3 Å². The van der Waals surface area contributed by atoms with E-state index in [2.05, 4.69) is 5.32 Å². The molecule has 36 heavy (non-hydrogen) atoms. The average Bonchev–Trinajstić information content (AvgIpc) is 3.35. The molecule has 0 spiro atoms. The number of likely N-dealkylation sites (tertiary alicyclic amines) is 1. The smallest absolute Gasteiger partial charge is 0.322 e. The van der Waals surface area contributed by atoms with E-state index >= 15 is 4.48 Å². The molecule has 0 bridgehead atoms. The molecule has 9 nitrogen and oxygen atoms in total. The summed E-state index contributed by atoms with van der Waals surface area (Å²) in [6, 6.07) is 10.4. The molecule has 2 saturated heterocycles. The van der Waals surface area contributed by atoms with E-state index in [0.717, 1.165) is 17.7 Å². The first kappa shape index (κ1) is 25.4. The van der Waals surface area contributed by atoms with Gasteiger partial charge in [0.2, 0.25) is 5.91 Å². The number of urea groups is 1. The van der Waals surface area contributed by atoms with Crippen molar-refractivity contribution in [2.45, 2.75) is 31.7 Å². The number of hydrogen-bond acceptors (Lipinski definition) is 5. The normalized spacial score (nSPS) is 19.7. The number of carbonyl (C=O) groups excluding carboxylic acids is 4. The van der Waals surface area contributed by atoms with Crippen LogP contribution in [0.4, 0.5) is 26.3 Å². The monoisotopic (exact) mass is 516 g/mol. The van der Waals surface area contributed by atoms with Crippen LogP contribution in [0.1, 0.15) is 25.7 Å². The van der Waals surface area contributed by atoms with Crippen LogP contribution in [0.5, 0.6) is 0 Å². The van der Waals surface area contributed by atoms with Crippen molar-refractivity contribution in [1.82, 2.24) is 4.90 Å². The van der Waals surface area contributed by atoms with Gasteiger partial charge in [-0.25, -0.2) is 4.79 Å². The first-order valence-corrected chi connectivity index (χ1v) is 12.0. The fourth-order valence-corrected chi connectivity index (χ4v) is 4.59. The number of piperidine rings is 1. The molecular weight excluding hydrogens is 491 g/mol. The number of rotatable bonds is 5. The van der Waals surface area contributed by atoms with Gasteiger partial charge < -0.3 is 19.9 Å². The second-order valence-electron chi connectivity index (χ2n) is 8.70. The molecule has 2 aromatic rings. The molecule has 0 aliphatic carbocycles. The summed E-state index contributed by atoms with van der Waals surface area (Å²) in [6.07, 6.45) is 2.11. The standard InChI is InChI=1S/C25H26ClFN4O5/c1-36-24(34)16-14-21(30(15-16)25(35)28-18-7-5-17(26)6-8-18)23(33)31(27)20-11-9-19(10-12-20)29-13-3-2-4-22(29)32/h5-12,16,21H,2-4,13-15H2,1H3,(H,28,35). The van der Waals surface area contributed by atoms with Crippen LogP contribution in [0, 0.1) is 5.92 Å². The molecule has 4 amide bonds. The van der Waals surface area contributed by atoms with E-state index in [4.69, 9.17) is 16.3 Å². The molecular formula is C25H26ClFN4O5. The summed E-state index contributed by atoms with van der Waals surface area (Å²) in [7, 11) is 1.21. The number of amides is 4. The molecule has 0 radical (unpaired) electrons. The van der Waals surface area contributed by atoms with Crippen molar-refractivity contribution in [3.8, 4) is 0 Å². The zero-order chi connectivity index (χ0) is 25.8. The van der Waals surface area contributed by atoms with Crippen molar-refractivity contribution in [3.63, 3.8) is 0 Å². The zero-order valence-electron chi connectivity index (χ0n) is 19.7. The van der Waals surface area contributed by atoms with Gasteiger partial charge in [-0.3, -0.25) is 14.4 Å². The largest absolute Gasteiger partial charge is 0.469 e. The molecule has 2 aliphatic heterocycles. The predicted octanol–water partition coefficient (Wildman–Crippen LogP) is 4.17. The Morgan fingerprint density at radius 3 is 2.42 bits per heavy atom. The molecule has 2 aromatic carbocycles. The molecule has 2 unspecified atom stereocenters. The minimum Gasteiger partial charge on any atom is -0.469 e. The van der Waals surface area contributed by atoms with Gasteiger partial charge in [-0.2, -0.15) is 0 Å². The Balaban J connectivity index is 1.50. The van der Waals surface area contributed by atoms with Crippen LogP contribution < -0.4 is 15.3 Å². The highest BCUT2D eigenvalue weighted by Gasteiger charge is 2.45. The van der Waals surface area contributed by atoms with E-state index in [-0.39, 0.29) is 29.7 Å². The highest BCUT2D eigenvalue weighted by Crippen LogP contribution is 2.30. The number of halogens is 2. The van der Waals surface area contributed by atoms with Crippen molar-refractivity contribution >= 4 is 52.5 Å².